The normalized spacial score (nSPS) is 22.3. The third-order valence-electron chi connectivity index (χ3n) is 5.34. The molecule has 3 heterocycles. The summed E-state index contributed by atoms with van der Waals surface area (Å²) in [7, 11) is 0. The molecule has 2 aliphatic rings. The highest BCUT2D eigenvalue weighted by atomic mass is 35.5. The van der Waals surface area contributed by atoms with Crippen LogP contribution in [0.5, 0.6) is 0 Å². The maximum Gasteiger partial charge on any atom is 0.255 e. The molecule has 2 atom stereocenters. The van der Waals surface area contributed by atoms with Gasteiger partial charge in [-0.25, -0.2) is 4.98 Å². The predicted octanol–water partition coefficient (Wildman–Crippen LogP) is 3.61. The second-order valence-corrected chi connectivity index (χ2v) is 7.51. The van der Waals surface area contributed by atoms with E-state index in [-0.39, 0.29) is 5.91 Å². The Kier molecular flexibility index (Phi) is 6.18. The van der Waals surface area contributed by atoms with Crippen LogP contribution in [-0.2, 0) is 4.74 Å². The molecule has 25 heavy (non-hydrogen) atoms. The van der Waals surface area contributed by atoms with E-state index in [1.54, 1.807) is 17.2 Å². The summed E-state index contributed by atoms with van der Waals surface area (Å²) in [6.45, 7) is 7.97. The number of ether oxygens (including phenoxy) is 1. The molecule has 0 N–H and O–H groups in total. The second kappa shape index (κ2) is 8.37. The van der Waals surface area contributed by atoms with Gasteiger partial charge in [-0.15, -0.1) is 0 Å². The van der Waals surface area contributed by atoms with Crippen molar-refractivity contribution < 1.29 is 9.53 Å². The standard InChI is InChI=1S/C19H28ClN3O2/c1-3-5-14(2)17-6-4-7-23(17)18-16(20)12-15(13-21-18)19(24)22-8-10-25-11-9-22/h12-14,17H,3-11H2,1-2H3. The van der Waals surface area contributed by atoms with Crippen LogP contribution in [0, 0.1) is 5.92 Å². The number of amides is 1. The Balaban J connectivity index is 1.76. The molecule has 138 valence electrons. The number of rotatable bonds is 5. The van der Waals surface area contributed by atoms with E-state index >= 15 is 0 Å². The molecule has 0 saturated carbocycles. The van der Waals surface area contributed by atoms with Gasteiger partial charge in [-0.1, -0.05) is 31.9 Å². The third-order valence-corrected chi connectivity index (χ3v) is 5.62. The molecule has 1 aromatic heterocycles. The van der Waals surface area contributed by atoms with Gasteiger partial charge in [0, 0.05) is 31.9 Å². The molecule has 6 heteroatoms. The van der Waals surface area contributed by atoms with Gasteiger partial charge in [-0.05, 0) is 31.2 Å². The molecule has 0 bridgehead atoms. The predicted molar refractivity (Wildman–Crippen MR) is 100 cm³/mol. The fourth-order valence-corrected chi connectivity index (χ4v) is 4.28. The van der Waals surface area contributed by atoms with Crippen LogP contribution < -0.4 is 4.90 Å². The summed E-state index contributed by atoms with van der Waals surface area (Å²) >= 11 is 6.54. The van der Waals surface area contributed by atoms with Crippen molar-refractivity contribution in [1.82, 2.24) is 9.88 Å². The van der Waals surface area contributed by atoms with Crippen LogP contribution in [0.1, 0.15) is 49.9 Å². The topological polar surface area (TPSA) is 45.7 Å². The quantitative estimate of drug-likeness (QED) is 0.799. The first-order chi connectivity index (χ1) is 12.1. The van der Waals surface area contributed by atoms with E-state index in [0.717, 1.165) is 12.4 Å². The first-order valence-corrected chi connectivity index (χ1v) is 9.78. The van der Waals surface area contributed by atoms with Crippen LogP contribution in [-0.4, -0.2) is 54.7 Å². The molecule has 2 unspecified atom stereocenters. The van der Waals surface area contributed by atoms with Crippen LogP contribution in [0.4, 0.5) is 5.82 Å². The van der Waals surface area contributed by atoms with Gasteiger partial charge in [-0.2, -0.15) is 0 Å². The number of anilines is 1. The summed E-state index contributed by atoms with van der Waals surface area (Å²) < 4.78 is 5.31. The minimum Gasteiger partial charge on any atom is -0.378 e. The molecule has 0 spiro atoms. The van der Waals surface area contributed by atoms with Crippen molar-refractivity contribution in [3.63, 3.8) is 0 Å². The van der Waals surface area contributed by atoms with Gasteiger partial charge in [0.05, 0.1) is 23.8 Å². The zero-order valence-electron chi connectivity index (χ0n) is 15.2. The Labute approximate surface area is 155 Å². The number of nitrogens with zero attached hydrogens (tertiary/aromatic N) is 3. The minimum absolute atomic E-state index is 0.0124. The molecule has 2 aliphatic heterocycles. The van der Waals surface area contributed by atoms with Gasteiger partial charge in [0.2, 0.25) is 0 Å². The number of morpholine rings is 1. The second-order valence-electron chi connectivity index (χ2n) is 7.10. The van der Waals surface area contributed by atoms with Gasteiger partial charge in [0.25, 0.3) is 5.91 Å². The Bertz CT molecular complexity index is 604. The van der Waals surface area contributed by atoms with Crippen molar-refractivity contribution in [1.29, 1.82) is 0 Å². The largest absolute Gasteiger partial charge is 0.378 e. The molecule has 0 radical (unpaired) electrons. The molecular weight excluding hydrogens is 338 g/mol. The number of hydrogen-bond acceptors (Lipinski definition) is 4. The molecule has 2 saturated heterocycles. The highest BCUT2D eigenvalue weighted by Crippen LogP contribution is 2.34. The SMILES string of the molecule is CCCC(C)C1CCCN1c1ncc(C(=O)N2CCOCC2)cc1Cl. The number of aromatic nitrogens is 1. The van der Waals surface area contributed by atoms with Gasteiger partial charge >= 0.3 is 0 Å². The number of pyridine rings is 1. The van der Waals surface area contributed by atoms with Crippen LogP contribution in [0.15, 0.2) is 12.3 Å². The van der Waals surface area contributed by atoms with Crippen molar-refractivity contribution in [3.05, 3.63) is 22.8 Å². The highest BCUT2D eigenvalue weighted by molar-refractivity contribution is 6.33. The van der Waals surface area contributed by atoms with Crippen molar-refractivity contribution in [2.45, 2.75) is 45.6 Å². The van der Waals surface area contributed by atoms with Gasteiger partial charge < -0.3 is 14.5 Å². The van der Waals surface area contributed by atoms with Crippen molar-refractivity contribution >= 4 is 23.3 Å². The highest BCUT2D eigenvalue weighted by Gasteiger charge is 2.31. The Morgan fingerprint density at radius 1 is 1.40 bits per heavy atom. The van der Waals surface area contributed by atoms with Crippen molar-refractivity contribution in [3.8, 4) is 0 Å². The molecule has 5 nitrogen and oxygen atoms in total. The summed E-state index contributed by atoms with van der Waals surface area (Å²) in [5.74, 6) is 1.44. The summed E-state index contributed by atoms with van der Waals surface area (Å²) in [5, 5.41) is 0.578. The summed E-state index contributed by atoms with van der Waals surface area (Å²) in [6.07, 6.45) is 6.45. The van der Waals surface area contributed by atoms with E-state index in [2.05, 4.69) is 23.7 Å². The zero-order chi connectivity index (χ0) is 17.8. The maximum absolute atomic E-state index is 12.6. The van der Waals surface area contributed by atoms with Crippen LogP contribution in [0.25, 0.3) is 0 Å². The molecule has 2 fully saturated rings. The molecule has 1 aromatic rings. The average Bonchev–Trinajstić information content (AvgIpc) is 3.11. The molecular formula is C19H28ClN3O2. The summed E-state index contributed by atoms with van der Waals surface area (Å²) in [4.78, 5) is 21.3. The van der Waals surface area contributed by atoms with E-state index < -0.39 is 0 Å². The summed E-state index contributed by atoms with van der Waals surface area (Å²) in [5.41, 5.74) is 0.563. The van der Waals surface area contributed by atoms with Crippen molar-refractivity contribution in [2.24, 2.45) is 5.92 Å². The smallest absolute Gasteiger partial charge is 0.255 e. The fraction of sp³-hybridized carbons (Fsp3) is 0.684. The molecule has 3 rings (SSSR count). The lowest BCUT2D eigenvalue weighted by Gasteiger charge is -2.31. The van der Waals surface area contributed by atoms with Crippen LogP contribution >= 0.6 is 11.6 Å². The van der Waals surface area contributed by atoms with Gasteiger partial charge in [-0.3, -0.25) is 4.79 Å². The lowest BCUT2D eigenvalue weighted by molar-refractivity contribution is 0.0302. The summed E-state index contributed by atoms with van der Waals surface area (Å²) in [6, 6.07) is 2.27. The van der Waals surface area contributed by atoms with E-state index in [4.69, 9.17) is 16.3 Å². The number of carbonyl (C=O) groups is 1. The maximum atomic E-state index is 12.6. The number of hydrogen-bond donors (Lipinski definition) is 0. The van der Waals surface area contributed by atoms with E-state index in [1.807, 2.05) is 0 Å². The van der Waals surface area contributed by atoms with E-state index in [1.165, 1.54) is 25.7 Å². The average molecular weight is 366 g/mol. The zero-order valence-corrected chi connectivity index (χ0v) is 16.0. The van der Waals surface area contributed by atoms with E-state index in [9.17, 15) is 4.79 Å². The van der Waals surface area contributed by atoms with Gasteiger partial charge in [0.15, 0.2) is 0 Å². The van der Waals surface area contributed by atoms with Crippen LogP contribution in [0.3, 0.4) is 0 Å². The molecule has 0 aromatic carbocycles. The third kappa shape index (κ3) is 4.09. The first kappa shape index (κ1) is 18.5. The Morgan fingerprint density at radius 3 is 2.84 bits per heavy atom. The lowest BCUT2D eigenvalue weighted by atomic mass is 9.95. The first-order valence-electron chi connectivity index (χ1n) is 9.41. The van der Waals surface area contributed by atoms with Crippen LogP contribution in [0.2, 0.25) is 5.02 Å². The Hall–Kier alpha value is -1.33. The number of halogens is 1. The fourth-order valence-electron chi connectivity index (χ4n) is 4.00. The molecule has 1 amide bonds. The van der Waals surface area contributed by atoms with E-state index in [0.29, 0.717) is 48.8 Å². The van der Waals surface area contributed by atoms with Gasteiger partial charge in [0.1, 0.15) is 5.82 Å². The Morgan fingerprint density at radius 2 is 2.16 bits per heavy atom. The van der Waals surface area contributed by atoms with Crippen molar-refractivity contribution in [2.75, 3.05) is 37.7 Å². The minimum atomic E-state index is -0.0124. The lowest BCUT2D eigenvalue weighted by Crippen LogP contribution is -2.40. The monoisotopic (exact) mass is 365 g/mol. The molecule has 0 aliphatic carbocycles. The number of carbonyl (C=O) groups excluding carboxylic acids is 1.